The second-order valence-corrected chi connectivity index (χ2v) is 10.5. The first-order chi connectivity index (χ1) is 20.9. The molecule has 3 aliphatic heterocycles. The maximum atomic E-state index is 13.0. The lowest BCUT2D eigenvalue weighted by Crippen LogP contribution is -2.38. The van der Waals surface area contributed by atoms with E-state index in [0.29, 0.717) is 37.1 Å². The number of aryl methyl sites for hydroxylation is 1. The molecule has 4 N–H and O–H groups in total. The van der Waals surface area contributed by atoms with Gasteiger partial charge in [0.25, 0.3) is 5.91 Å². The summed E-state index contributed by atoms with van der Waals surface area (Å²) in [7, 11) is 0. The lowest BCUT2D eigenvalue weighted by atomic mass is 10.0. The SMILES string of the molecule is Cl.N=C(N)c1ccc(N2CC=C(c3ccc(CCC(=O)OCCN4CCOCC4)cc3)C2=O)cc1.OCCN1CCOCC1. The second-order valence-electron chi connectivity index (χ2n) is 10.5. The highest BCUT2D eigenvalue weighted by molar-refractivity contribution is 6.28. The number of hydrogen-bond acceptors (Lipinski definition) is 9. The Labute approximate surface area is 265 Å². The van der Waals surface area contributed by atoms with Gasteiger partial charge in [-0.3, -0.25) is 24.8 Å². The molecule has 240 valence electrons. The van der Waals surface area contributed by atoms with Crippen molar-refractivity contribution in [3.8, 4) is 0 Å². The standard InChI is InChI=1S/C26H30N4O4.C6H13NO2.ClH/c27-25(28)21-6-8-22(9-7-21)30-12-11-23(26(30)32)20-4-1-19(2-5-20)3-10-24(31)34-18-15-29-13-16-33-17-14-29;8-4-1-7-2-5-9-6-3-7;/h1-2,4-9,11H,3,10,12-18H2,(H3,27,28);8H,1-6H2;1H. The van der Waals surface area contributed by atoms with Crippen molar-refractivity contribution >= 4 is 41.4 Å². The van der Waals surface area contributed by atoms with Crippen LogP contribution in [-0.4, -0.2) is 118 Å². The van der Waals surface area contributed by atoms with Crippen LogP contribution in [0.4, 0.5) is 5.69 Å². The van der Waals surface area contributed by atoms with Crippen LogP contribution in [0.1, 0.15) is 23.1 Å². The lowest BCUT2D eigenvalue weighted by Gasteiger charge is -2.26. The van der Waals surface area contributed by atoms with Crippen LogP contribution in [0.3, 0.4) is 0 Å². The molecular weight excluding hydrogens is 586 g/mol. The summed E-state index contributed by atoms with van der Waals surface area (Å²) in [6, 6.07) is 14.8. The summed E-state index contributed by atoms with van der Waals surface area (Å²) in [6.07, 6.45) is 2.84. The average Bonchev–Trinajstić information content (AvgIpc) is 3.43. The zero-order valence-electron chi connectivity index (χ0n) is 25.1. The number of amides is 1. The van der Waals surface area contributed by atoms with Gasteiger partial charge in [0.15, 0.2) is 0 Å². The fourth-order valence-corrected chi connectivity index (χ4v) is 5.03. The van der Waals surface area contributed by atoms with E-state index in [9.17, 15) is 9.59 Å². The maximum absolute atomic E-state index is 13.0. The smallest absolute Gasteiger partial charge is 0.306 e. The molecule has 0 spiro atoms. The van der Waals surface area contributed by atoms with Crippen molar-refractivity contribution in [1.82, 2.24) is 9.80 Å². The Balaban J connectivity index is 0.000000455. The van der Waals surface area contributed by atoms with Crippen LogP contribution in [0.2, 0.25) is 0 Å². The molecule has 2 fully saturated rings. The third-order valence-electron chi connectivity index (χ3n) is 7.62. The highest BCUT2D eigenvalue weighted by Gasteiger charge is 2.26. The zero-order chi connectivity index (χ0) is 30.4. The number of benzene rings is 2. The van der Waals surface area contributed by atoms with Crippen LogP contribution >= 0.6 is 12.4 Å². The van der Waals surface area contributed by atoms with E-state index < -0.39 is 0 Å². The summed E-state index contributed by atoms with van der Waals surface area (Å²) < 4.78 is 15.8. The molecule has 3 aliphatic rings. The first kappa shape index (κ1) is 35.2. The van der Waals surface area contributed by atoms with E-state index in [1.54, 1.807) is 29.2 Å². The number of nitrogen functional groups attached to an aromatic ring is 1. The number of nitrogens with zero attached hydrogens (tertiary/aromatic N) is 3. The molecule has 44 heavy (non-hydrogen) atoms. The van der Waals surface area contributed by atoms with Crippen molar-refractivity contribution in [2.24, 2.45) is 5.73 Å². The largest absolute Gasteiger partial charge is 0.464 e. The summed E-state index contributed by atoms with van der Waals surface area (Å²) >= 11 is 0. The predicted molar refractivity (Wildman–Crippen MR) is 172 cm³/mol. The number of aliphatic hydroxyl groups excluding tert-OH is 1. The van der Waals surface area contributed by atoms with Gasteiger partial charge in [-0.1, -0.05) is 30.3 Å². The van der Waals surface area contributed by atoms with Gasteiger partial charge in [0.05, 0.1) is 33.0 Å². The van der Waals surface area contributed by atoms with Crippen molar-refractivity contribution in [2.75, 3.05) is 90.4 Å². The number of esters is 1. The topological polar surface area (TPSA) is 142 Å². The number of halogens is 1. The van der Waals surface area contributed by atoms with E-state index in [0.717, 1.165) is 82.5 Å². The minimum absolute atomic E-state index is 0. The van der Waals surface area contributed by atoms with Gasteiger partial charge in [-0.05, 0) is 41.8 Å². The van der Waals surface area contributed by atoms with Crippen molar-refractivity contribution in [2.45, 2.75) is 12.8 Å². The average molecular weight is 630 g/mol. The number of carbonyl (C=O) groups is 2. The number of nitrogens with two attached hydrogens (primary N) is 1. The van der Waals surface area contributed by atoms with E-state index >= 15 is 0 Å². The number of rotatable bonds is 11. The molecule has 11 nitrogen and oxygen atoms in total. The number of β-amino-alcohol motifs (C(OH)–C–C–N with tert-alkyl or cyclic N) is 1. The van der Waals surface area contributed by atoms with Gasteiger partial charge in [0, 0.05) is 69.1 Å². The van der Waals surface area contributed by atoms with E-state index in [-0.39, 0.29) is 36.7 Å². The fourth-order valence-electron chi connectivity index (χ4n) is 5.03. The van der Waals surface area contributed by atoms with Gasteiger partial charge in [-0.25, -0.2) is 0 Å². The van der Waals surface area contributed by atoms with Crippen LogP contribution in [0.15, 0.2) is 54.6 Å². The molecule has 0 unspecified atom stereocenters. The zero-order valence-corrected chi connectivity index (χ0v) is 25.9. The Bertz CT molecular complexity index is 1230. The van der Waals surface area contributed by atoms with Crippen LogP contribution in [0, 0.1) is 5.41 Å². The summed E-state index contributed by atoms with van der Waals surface area (Å²) in [5, 5.41) is 16.0. The Morgan fingerprint density at radius 2 is 1.50 bits per heavy atom. The number of morpholine rings is 2. The van der Waals surface area contributed by atoms with Crippen molar-refractivity contribution in [3.05, 3.63) is 71.3 Å². The van der Waals surface area contributed by atoms with Crippen LogP contribution in [-0.2, 0) is 30.2 Å². The molecule has 2 saturated heterocycles. The van der Waals surface area contributed by atoms with E-state index in [4.69, 9.17) is 30.5 Å². The van der Waals surface area contributed by atoms with Gasteiger partial charge in [-0.2, -0.15) is 0 Å². The number of carbonyl (C=O) groups excluding carboxylic acids is 2. The van der Waals surface area contributed by atoms with Gasteiger partial charge < -0.3 is 30.0 Å². The van der Waals surface area contributed by atoms with E-state index in [1.165, 1.54) is 0 Å². The van der Waals surface area contributed by atoms with E-state index in [1.807, 2.05) is 30.3 Å². The number of anilines is 1. The first-order valence-corrected chi connectivity index (χ1v) is 14.9. The maximum Gasteiger partial charge on any atom is 0.306 e. The van der Waals surface area contributed by atoms with Crippen LogP contribution in [0.25, 0.3) is 5.57 Å². The molecule has 0 aliphatic carbocycles. The Hall–Kier alpha value is -3.32. The molecular formula is C32H44ClN5O6. The molecule has 0 bridgehead atoms. The van der Waals surface area contributed by atoms with Crippen LogP contribution in [0.5, 0.6) is 0 Å². The van der Waals surface area contributed by atoms with Crippen molar-refractivity contribution in [1.29, 1.82) is 5.41 Å². The number of amidine groups is 1. The quantitative estimate of drug-likeness (QED) is 0.193. The van der Waals surface area contributed by atoms with Gasteiger partial charge in [0.1, 0.15) is 12.4 Å². The predicted octanol–water partition coefficient (Wildman–Crippen LogP) is 1.94. The molecule has 0 radical (unpaired) electrons. The highest BCUT2D eigenvalue weighted by Crippen LogP contribution is 2.28. The third-order valence-corrected chi connectivity index (χ3v) is 7.62. The summed E-state index contributed by atoms with van der Waals surface area (Å²) in [6.45, 7) is 9.51. The molecule has 3 heterocycles. The molecule has 0 saturated carbocycles. The fraction of sp³-hybridized carbons (Fsp3) is 0.469. The summed E-state index contributed by atoms with van der Waals surface area (Å²) in [5.74, 6) is -0.260. The second kappa shape index (κ2) is 18.5. The number of aliphatic hydroxyl groups is 1. The molecule has 2 aromatic carbocycles. The molecule has 1 amide bonds. The molecule has 0 atom stereocenters. The lowest BCUT2D eigenvalue weighted by molar-refractivity contribution is -0.144. The molecule has 0 aromatic heterocycles. The highest BCUT2D eigenvalue weighted by atomic mass is 35.5. The van der Waals surface area contributed by atoms with E-state index in [2.05, 4.69) is 9.80 Å². The molecule has 5 rings (SSSR count). The van der Waals surface area contributed by atoms with Gasteiger partial charge in [0.2, 0.25) is 0 Å². The Morgan fingerprint density at radius 1 is 0.909 bits per heavy atom. The minimum atomic E-state index is -0.197. The Morgan fingerprint density at radius 3 is 2.07 bits per heavy atom. The summed E-state index contributed by atoms with van der Waals surface area (Å²) in [4.78, 5) is 31.1. The summed E-state index contributed by atoms with van der Waals surface area (Å²) in [5.41, 5.74) is 9.43. The Kier molecular flexibility index (Phi) is 14.8. The van der Waals surface area contributed by atoms with Gasteiger partial charge in [-0.15, -0.1) is 12.4 Å². The van der Waals surface area contributed by atoms with Crippen LogP contribution < -0.4 is 10.6 Å². The normalized spacial score (nSPS) is 17.2. The number of ether oxygens (including phenoxy) is 3. The number of nitrogens with one attached hydrogen (secondary N) is 1. The first-order valence-electron chi connectivity index (χ1n) is 14.9. The molecule has 2 aromatic rings. The van der Waals surface area contributed by atoms with Crippen molar-refractivity contribution < 1.29 is 28.9 Å². The third kappa shape index (κ3) is 10.7. The molecule has 12 heteroatoms. The number of hydrogen-bond donors (Lipinski definition) is 3. The van der Waals surface area contributed by atoms with Crippen molar-refractivity contribution in [3.63, 3.8) is 0 Å². The minimum Gasteiger partial charge on any atom is -0.464 e. The monoisotopic (exact) mass is 629 g/mol. The van der Waals surface area contributed by atoms with Gasteiger partial charge >= 0.3 is 5.97 Å².